The standard InChI is InChI=1S/C39H52N4O5/c1-26-12-15-31(25-40-34(26)32-10-8-22-42(32)36(45)47-38(2,3)4)30-20-18-29(19-21-30)28-16-13-27(14-17-28)24-41-35(44)33-11-9-23-43(33)37(46)48-39(5,6)7/h13-14,16-21,25-26,32-33H,8-12,15,22-24H2,1-7H3,(H,41,44). The van der Waals surface area contributed by atoms with Gasteiger partial charge in [-0.1, -0.05) is 55.5 Å². The Bertz CT molecular complexity index is 1530. The first-order chi connectivity index (χ1) is 22.7. The number of ether oxygens (including phenoxy) is 2. The van der Waals surface area contributed by atoms with Gasteiger partial charge in [-0.3, -0.25) is 19.6 Å². The van der Waals surface area contributed by atoms with Crippen LogP contribution < -0.4 is 5.32 Å². The third-order valence-electron chi connectivity index (χ3n) is 9.14. The van der Waals surface area contributed by atoms with Crippen molar-refractivity contribution in [2.45, 2.75) is 117 Å². The van der Waals surface area contributed by atoms with Crippen LogP contribution in [0.4, 0.5) is 9.59 Å². The van der Waals surface area contributed by atoms with Crippen molar-refractivity contribution in [2.24, 2.45) is 10.9 Å². The zero-order valence-electron chi connectivity index (χ0n) is 29.7. The molecule has 2 saturated heterocycles. The molecule has 3 unspecified atom stereocenters. The summed E-state index contributed by atoms with van der Waals surface area (Å²) in [6.07, 6.45) is 6.50. The zero-order chi connectivity index (χ0) is 34.6. The molecule has 9 nitrogen and oxygen atoms in total. The fraction of sp³-hybridized carbons (Fsp3) is 0.538. The summed E-state index contributed by atoms with van der Waals surface area (Å²) in [7, 11) is 0. The second-order valence-electron chi connectivity index (χ2n) is 15.3. The Morgan fingerprint density at radius 3 is 1.94 bits per heavy atom. The lowest BCUT2D eigenvalue weighted by Gasteiger charge is -2.30. The first-order valence-corrected chi connectivity index (χ1v) is 17.4. The molecule has 3 heterocycles. The van der Waals surface area contributed by atoms with Crippen LogP contribution in [0.25, 0.3) is 16.7 Å². The summed E-state index contributed by atoms with van der Waals surface area (Å²) < 4.78 is 11.2. The number of carbonyl (C=O) groups is 3. The molecule has 0 bridgehead atoms. The molecule has 5 rings (SSSR count). The third-order valence-corrected chi connectivity index (χ3v) is 9.14. The van der Waals surface area contributed by atoms with Crippen LogP contribution in [-0.2, 0) is 20.8 Å². The monoisotopic (exact) mass is 656 g/mol. The number of benzene rings is 2. The second kappa shape index (κ2) is 14.5. The van der Waals surface area contributed by atoms with E-state index in [1.165, 1.54) is 5.57 Å². The highest BCUT2D eigenvalue weighted by Gasteiger charge is 2.38. The van der Waals surface area contributed by atoms with Crippen LogP contribution in [0, 0.1) is 5.92 Å². The molecule has 0 radical (unpaired) electrons. The predicted octanol–water partition coefficient (Wildman–Crippen LogP) is 7.98. The lowest BCUT2D eigenvalue weighted by molar-refractivity contribution is -0.125. The molecule has 258 valence electrons. The highest BCUT2D eigenvalue weighted by molar-refractivity contribution is 5.95. The van der Waals surface area contributed by atoms with E-state index < -0.39 is 23.3 Å². The molecular formula is C39H52N4O5. The van der Waals surface area contributed by atoms with E-state index in [4.69, 9.17) is 14.5 Å². The lowest BCUT2D eigenvalue weighted by Crippen LogP contribution is -2.47. The molecule has 2 aromatic carbocycles. The van der Waals surface area contributed by atoms with Crippen LogP contribution in [0.15, 0.2) is 59.7 Å². The summed E-state index contributed by atoms with van der Waals surface area (Å²) in [5, 5.41) is 3.01. The van der Waals surface area contributed by atoms with Crippen molar-refractivity contribution in [3.8, 4) is 11.1 Å². The van der Waals surface area contributed by atoms with Crippen molar-refractivity contribution < 1.29 is 23.9 Å². The molecule has 0 aliphatic carbocycles. The normalized spacial score (nSPS) is 21.7. The number of rotatable bonds is 6. The molecule has 3 aliphatic rings. The topological polar surface area (TPSA) is 101 Å². The number of carbonyl (C=O) groups excluding carboxylic acids is 3. The summed E-state index contributed by atoms with van der Waals surface area (Å²) in [5.74, 6) is 0.122. The zero-order valence-corrected chi connectivity index (χ0v) is 29.7. The Morgan fingerprint density at radius 1 is 0.771 bits per heavy atom. The number of likely N-dealkylation sites (tertiary alicyclic amines) is 2. The first kappa shape index (κ1) is 35.2. The van der Waals surface area contributed by atoms with Gasteiger partial charge in [0.15, 0.2) is 0 Å². The fourth-order valence-corrected chi connectivity index (χ4v) is 6.69. The largest absolute Gasteiger partial charge is 0.444 e. The van der Waals surface area contributed by atoms with Crippen LogP contribution >= 0.6 is 0 Å². The minimum atomic E-state index is -0.601. The molecule has 3 amide bonds. The van der Waals surface area contributed by atoms with Gasteiger partial charge >= 0.3 is 12.2 Å². The quantitative estimate of drug-likeness (QED) is 0.340. The van der Waals surface area contributed by atoms with Gasteiger partial charge in [-0.2, -0.15) is 0 Å². The molecule has 2 aromatic rings. The Morgan fingerprint density at radius 2 is 1.31 bits per heavy atom. The SMILES string of the molecule is CC1CCC(c2ccc(-c3ccc(CNC(=O)C4CCCN4C(=O)OC(C)(C)C)cc3)cc2)=CN=C1C1CCCN1C(=O)OC(C)(C)C. The molecule has 0 aromatic heterocycles. The molecule has 3 atom stereocenters. The number of hydrogen-bond acceptors (Lipinski definition) is 6. The third kappa shape index (κ3) is 8.85. The summed E-state index contributed by atoms with van der Waals surface area (Å²) in [6.45, 7) is 15.0. The number of nitrogens with one attached hydrogen (secondary N) is 1. The molecular weight excluding hydrogens is 604 g/mol. The summed E-state index contributed by atoms with van der Waals surface area (Å²) >= 11 is 0. The van der Waals surface area contributed by atoms with Gasteiger partial charge in [0.05, 0.1) is 6.04 Å². The van der Waals surface area contributed by atoms with E-state index in [0.717, 1.165) is 60.1 Å². The predicted molar refractivity (Wildman–Crippen MR) is 189 cm³/mol. The minimum absolute atomic E-state index is 0.0150. The van der Waals surface area contributed by atoms with Gasteiger partial charge in [0.25, 0.3) is 0 Å². The Hall–Kier alpha value is -4.14. The number of amides is 3. The minimum Gasteiger partial charge on any atom is -0.444 e. The number of hydrogen-bond donors (Lipinski definition) is 1. The summed E-state index contributed by atoms with van der Waals surface area (Å²) in [5.41, 5.74) is 5.49. The van der Waals surface area contributed by atoms with E-state index in [1.807, 2.05) is 64.8 Å². The van der Waals surface area contributed by atoms with Crippen molar-refractivity contribution in [1.29, 1.82) is 0 Å². The van der Waals surface area contributed by atoms with E-state index >= 15 is 0 Å². The lowest BCUT2D eigenvalue weighted by atomic mass is 9.91. The van der Waals surface area contributed by atoms with Gasteiger partial charge in [-0.25, -0.2) is 9.59 Å². The summed E-state index contributed by atoms with van der Waals surface area (Å²) in [6, 6.07) is 16.3. The van der Waals surface area contributed by atoms with E-state index in [0.29, 0.717) is 26.1 Å². The van der Waals surface area contributed by atoms with Crippen molar-refractivity contribution in [3.63, 3.8) is 0 Å². The van der Waals surface area contributed by atoms with Crippen LogP contribution in [-0.4, -0.2) is 70.0 Å². The van der Waals surface area contributed by atoms with Crippen molar-refractivity contribution in [3.05, 3.63) is 65.9 Å². The molecule has 1 N–H and O–H groups in total. The number of aliphatic imine (C=N–C) groups is 1. The van der Waals surface area contributed by atoms with Crippen molar-refractivity contribution >= 4 is 29.4 Å². The highest BCUT2D eigenvalue weighted by atomic mass is 16.6. The molecule has 9 heteroatoms. The second-order valence-corrected chi connectivity index (χ2v) is 15.3. The van der Waals surface area contributed by atoms with Gasteiger partial charge in [0.2, 0.25) is 5.91 Å². The van der Waals surface area contributed by atoms with Gasteiger partial charge < -0.3 is 14.8 Å². The Kier molecular flexibility index (Phi) is 10.7. The highest BCUT2D eigenvalue weighted by Crippen LogP contribution is 2.32. The number of allylic oxidation sites excluding steroid dienone is 1. The van der Waals surface area contributed by atoms with E-state index in [-0.39, 0.29) is 24.0 Å². The molecule has 0 saturated carbocycles. The van der Waals surface area contributed by atoms with Crippen LogP contribution in [0.2, 0.25) is 0 Å². The average Bonchev–Trinajstić information content (AvgIpc) is 3.67. The molecule has 3 aliphatic heterocycles. The smallest absolute Gasteiger partial charge is 0.410 e. The summed E-state index contributed by atoms with van der Waals surface area (Å²) in [4.78, 5) is 46.9. The van der Waals surface area contributed by atoms with Gasteiger partial charge in [0.1, 0.15) is 17.2 Å². The van der Waals surface area contributed by atoms with Gasteiger partial charge in [0, 0.05) is 31.5 Å². The van der Waals surface area contributed by atoms with E-state index in [1.54, 1.807) is 4.90 Å². The average molecular weight is 657 g/mol. The van der Waals surface area contributed by atoms with E-state index in [9.17, 15) is 14.4 Å². The first-order valence-electron chi connectivity index (χ1n) is 17.4. The van der Waals surface area contributed by atoms with Gasteiger partial charge in [-0.15, -0.1) is 0 Å². The molecule has 0 spiro atoms. The molecule has 48 heavy (non-hydrogen) atoms. The fourth-order valence-electron chi connectivity index (χ4n) is 6.69. The maximum absolute atomic E-state index is 13.0. The maximum Gasteiger partial charge on any atom is 0.410 e. The molecule has 2 fully saturated rings. The van der Waals surface area contributed by atoms with Crippen molar-refractivity contribution in [2.75, 3.05) is 13.1 Å². The van der Waals surface area contributed by atoms with E-state index in [2.05, 4.69) is 48.6 Å². The maximum atomic E-state index is 13.0. The Labute approximate surface area is 285 Å². The van der Waals surface area contributed by atoms with Crippen LogP contribution in [0.1, 0.15) is 98.1 Å². The van der Waals surface area contributed by atoms with Gasteiger partial charge in [-0.05, 0) is 114 Å². The Balaban J connectivity index is 1.19. The van der Waals surface area contributed by atoms with Crippen LogP contribution in [0.3, 0.4) is 0 Å². The van der Waals surface area contributed by atoms with Crippen molar-refractivity contribution in [1.82, 2.24) is 15.1 Å². The van der Waals surface area contributed by atoms with Crippen LogP contribution in [0.5, 0.6) is 0 Å². The number of nitrogens with zero attached hydrogens (tertiary/aromatic N) is 3.